The van der Waals surface area contributed by atoms with Crippen molar-refractivity contribution in [2.75, 3.05) is 13.2 Å². The monoisotopic (exact) mass is 364 g/mol. The zero-order chi connectivity index (χ0) is 19.8. The van der Waals surface area contributed by atoms with Gasteiger partial charge in [-0.05, 0) is 64.8 Å². The summed E-state index contributed by atoms with van der Waals surface area (Å²) < 4.78 is 10.7. The lowest BCUT2D eigenvalue weighted by Crippen LogP contribution is -2.55. The van der Waals surface area contributed by atoms with Gasteiger partial charge in [0.2, 0.25) is 0 Å². The Morgan fingerprint density at radius 3 is 2.04 bits per heavy atom. The van der Waals surface area contributed by atoms with Gasteiger partial charge in [-0.25, -0.2) is 4.79 Å². The Kier molecular flexibility index (Phi) is 7.93. The molecule has 0 aromatic heterocycles. The molecule has 0 saturated heterocycles. The standard InChI is InChI=1S/C20H32N2O4/c1-7-20(8-2,14-21-18(24)26-19(4,5)6)22-17(23)15-10-12-16(13-11-15)25-9-3/h10-13H,7-9,14H2,1-6H3,(H,21,24)(H,22,23). The fourth-order valence-corrected chi connectivity index (χ4v) is 2.46. The van der Waals surface area contributed by atoms with Gasteiger partial charge < -0.3 is 20.1 Å². The number of rotatable bonds is 8. The summed E-state index contributed by atoms with van der Waals surface area (Å²) in [6, 6.07) is 7.02. The second-order valence-electron chi connectivity index (χ2n) is 7.25. The normalized spacial score (nSPS) is 11.6. The number of carbonyl (C=O) groups excluding carboxylic acids is 2. The summed E-state index contributed by atoms with van der Waals surface area (Å²) in [5.41, 5.74) is -0.541. The molecule has 0 unspecified atom stereocenters. The van der Waals surface area contributed by atoms with Crippen molar-refractivity contribution in [1.29, 1.82) is 0 Å². The molecule has 2 N–H and O–H groups in total. The van der Waals surface area contributed by atoms with E-state index in [-0.39, 0.29) is 5.91 Å². The minimum absolute atomic E-state index is 0.178. The fourth-order valence-electron chi connectivity index (χ4n) is 2.46. The molecule has 0 fully saturated rings. The van der Waals surface area contributed by atoms with Gasteiger partial charge >= 0.3 is 6.09 Å². The van der Waals surface area contributed by atoms with Gasteiger partial charge in [-0.15, -0.1) is 0 Å². The van der Waals surface area contributed by atoms with Gasteiger partial charge in [-0.2, -0.15) is 0 Å². The van der Waals surface area contributed by atoms with Crippen LogP contribution in [0.1, 0.15) is 64.7 Å². The smallest absolute Gasteiger partial charge is 0.407 e. The third kappa shape index (κ3) is 6.94. The molecule has 1 rings (SSSR count). The first-order chi connectivity index (χ1) is 12.1. The van der Waals surface area contributed by atoms with Crippen LogP contribution in [0.15, 0.2) is 24.3 Å². The molecular weight excluding hydrogens is 332 g/mol. The Morgan fingerprint density at radius 1 is 1.00 bits per heavy atom. The number of carbonyl (C=O) groups is 2. The largest absolute Gasteiger partial charge is 0.494 e. The molecule has 0 radical (unpaired) electrons. The van der Waals surface area contributed by atoms with Crippen LogP contribution in [0, 0.1) is 0 Å². The topological polar surface area (TPSA) is 76.7 Å². The SMILES string of the molecule is CCOc1ccc(C(=O)NC(CC)(CC)CNC(=O)OC(C)(C)C)cc1. The lowest BCUT2D eigenvalue weighted by Gasteiger charge is -2.33. The van der Waals surface area contributed by atoms with Crippen molar-refractivity contribution in [1.82, 2.24) is 10.6 Å². The summed E-state index contributed by atoms with van der Waals surface area (Å²) in [7, 11) is 0. The van der Waals surface area contributed by atoms with Gasteiger partial charge in [-0.3, -0.25) is 4.79 Å². The number of nitrogens with one attached hydrogen (secondary N) is 2. The zero-order valence-electron chi connectivity index (χ0n) is 16.8. The lowest BCUT2D eigenvalue weighted by atomic mass is 9.92. The first kappa shape index (κ1) is 21.8. The molecule has 26 heavy (non-hydrogen) atoms. The molecule has 0 heterocycles. The van der Waals surface area contributed by atoms with Crippen molar-refractivity contribution >= 4 is 12.0 Å². The third-order valence-electron chi connectivity index (χ3n) is 4.13. The van der Waals surface area contributed by atoms with Crippen molar-refractivity contribution < 1.29 is 19.1 Å². The molecule has 146 valence electrons. The maximum absolute atomic E-state index is 12.6. The second-order valence-corrected chi connectivity index (χ2v) is 7.25. The van der Waals surface area contributed by atoms with E-state index in [1.165, 1.54) is 0 Å². The van der Waals surface area contributed by atoms with Crippen LogP contribution < -0.4 is 15.4 Å². The maximum Gasteiger partial charge on any atom is 0.407 e. The van der Waals surface area contributed by atoms with E-state index in [1.807, 2.05) is 41.5 Å². The van der Waals surface area contributed by atoms with Crippen LogP contribution in [-0.2, 0) is 4.74 Å². The highest BCUT2D eigenvalue weighted by Crippen LogP contribution is 2.18. The lowest BCUT2D eigenvalue weighted by molar-refractivity contribution is 0.0502. The first-order valence-corrected chi connectivity index (χ1v) is 9.17. The summed E-state index contributed by atoms with van der Waals surface area (Å²) in [6.07, 6.45) is 0.878. The van der Waals surface area contributed by atoms with E-state index in [9.17, 15) is 9.59 Å². The molecule has 6 nitrogen and oxygen atoms in total. The predicted octanol–water partition coefficient (Wildman–Crippen LogP) is 3.90. The van der Waals surface area contributed by atoms with E-state index < -0.39 is 17.2 Å². The summed E-state index contributed by atoms with van der Waals surface area (Å²) >= 11 is 0. The van der Waals surface area contributed by atoms with Gasteiger partial charge in [0.25, 0.3) is 5.91 Å². The van der Waals surface area contributed by atoms with Gasteiger partial charge in [0.05, 0.1) is 12.1 Å². The van der Waals surface area contributed by atoms with Crippen LogP contribution in [0.4, 0.5) is 4.79 Å². The molecule has 0 bridgehead atoms. The van der Waals surface area contributed by atoms with Crippen LogP contribution in [0.3, 0.4) is 0 Å². The number of alkyl carbamates (subject to hydrolysis) is 1. The van der Waals surface area contributed by atoms with Crippen LogP contribution in [0.25, 0.3) is 0 Å². The average molecular weight is 364 g/mol. The summed E-state index contributed by atoms with van der Waals surface area (Å²) in [4.78, 5) is 24.6. The highest BCUT2D eigenvalue weighted by atomic mass is 16.6. The van der Waals surface area contributed by atoms with Crippen molar-refractivity contribution in [3.63, 3.8) is 0 Å². The first-order valence-electron chi connectivity index (χ1n) is 9.17. The molecule has 1 aromatic rings. The Labute approximate surface area is 156 Å². The van der Waals surface area contributed by atoms with Gasteiger partial charge in [0, 0.05) is 12.1 Å². The van der Waals surface area contributed by atoms with Gasteiger partial charge in [-0.1, -0.05) is 13.8 Å². The summed E-state index contributed by atoms with van der Waals surface area (Å²) in [5.74, 6) is 0.552. The maximum atomic E-state index is 12.6. The molecule has 1 aromatic carbocycles. The molecular formula is C20H32N2O4. The number of amides is 2. The van der Waals surface area contributed by atoms with Crippen LogP contribution in [0.5, 0.6) is 5.75 Å². The molecule has 0 aliphatic rings. The van der Waals surface area contributed by atoms with Crippen molar-refractivity contribution in [3.05, 3.63) is 29.8 Å². The van der Waals surface area contributed by atoms with Crippen LogP contribution in [-0.4, -0.2) is 36.3 Å². The molecule has 2 amide bonds. The molecule has 0 saturated carbocycles. The Hall–Kier alpha value is -2.24. The van der Waals surface area contributed by atoms with E-state index >= 15 is 0 Å². The van der Waals surface area contributed by atoms with Gasteiger partial charge in [0.1, 0.15) is 11.4 Å². The molecule has 0 aliphatic carbocycles. The predicted molar refractivity (Wildman–Crippen MR) is 103 cm³/mol. The number of ether oxygens (including phenoxy) is 2. The van der Waals surface area contributed by atoms with E-state index in [0.29, 0.717) is 31.6 Å². The highest BCUT2D eigenvalue weighted by molar-refractivity contribution is 5.94. The third-order valence-corrected chi connectivity index (χ3v) is 4.13. The Balaban J connectivity index is 2.75. The van der Waals surface area contributed by atoms with E-state index in [4.69, 9.17) is 9.47 Å². The van der Waals surface area contributed by atoms with E-state index in [0.717, 1.165) is 5.75 Å². The van der Waals surface area contributed by atoms with Crippen molar-refractivity contribution in [2.24, 2.45) is 0 Å². The zero-order valence-corrected chi connectivity index (χ0v) is 16.8. The second kappa shape index (κ2) is 9.46. The minimum atomic E-state index is -0.559. The average Bonchev–Trinajstić information content (AvgIpc) is 2.58. The van der Waals surface area contributed by atoms with E-state index in [2.05, 4.69) is 10.6 Å². The summed E-state index contributed by atoms with van der Waals surface area (Å²) in [6.45, 7) is 12.2. The van der Waals surface area contributed by atoms with Crippen LogP contribution in [0.2, 0.25) is 0 Å². The summed E-state index contributed by atoms with van der Waals surface area (Å²) in [5, 5.41) is 5.83. The highest BCUT2D eigenvalue weighted by Gasteiger charge is 2.30. The molecule has 6 heteroatoms. The number of benzene rings is 1. The molecule has 0 spiro atoms. The van der Waals surface area contributed by atoms with E-state index in [1.54, 1.807) is 24.3 Å². The number of hydrogen-bond donors (Lipinski definition) is 2. The van der Waals surface area contributed by atoms with Gasteiger partial charge in [0.15, 0.2) is 0 Å². The number of hydrogen-bond acceptors (Lipinski definition) is 4. The molecule has 0 atom stereocenters. The molecule has 0 aliphatic heterocycles. The van der Waals surface area contributed by atoms with Crippen molar-refractivity contribution in [2.45, 2.75) is 65.5 Å². The van der Waals surface area contributed by atoms with Crippen LogP contribution >= 0.6 is 0 Å². The Morgan fingerprint density at radius 2 is 1.58 bits per heavy atom. The minimum Gasteiger partial charge on any atom is -0.494 e. The van der Waals surface area contributed by atoms with Crippen molar-refractivity contribution in [3.8, 4) is 5.75 Å². The Bertz CT molecular complexity index is 587. The quantitative estimate of drug-likeness (QED) is 0.733. The fraction of sp³-hybridized carbons (Fsp3) is 0.600.